The summed E-state index contributed by atoms with van der Waals surface area (Å²) in [5.74, 6) is 1.03. The summed E-state index contributed by atoms with van der Waals surface area (Å²) in [5.41, 5.74) is 4.31. The molecule has 2 N–H and O–H groups in total. The maximum atomic E-state index is 12.6. The van der Waals surface area contributed by atoms with Crippen LogP contribution in [0.1, 0.15) is 63.5 Å². The van der Waals surface area contributed by atoms with E-state index in [4.69, 9.17) is 0 Å². The summed E-state index contributed by atoms with van der Waals surface area (Å²) in [4.78, 5) is 15.2. The lowest BCUT2D eigenvalue weighted by Crippen LogP contribution is -2.37. The fourth-order valence-corrected chi connectivity index (χ4v) is 5.46. The van der Waals surface area contributed by atoms with Gasteiger partial charge >= 0.3 is 6.03 Å². The smallest absolute Gasteiger partial charge is 0.308 e. The highest BCUT2D eigenvalue weighted by Crippen LogP contribution is 2.38. The Bertz CT molecular complexity index is 1050. The van der Waals surface area contributed by atoms with Gasteiger partial charge in [-0.05, 0) is 104 Å². The highest BCUT2D eigenvalue weighted by Gasteiger charge is 2.24. The standard InChI is InChI=1S/C26H33N3OS/c1-17(2)20-6-5-7-21(14-20)27-26(30)28-22-8-9-25-23(15-22)24(16-31-25)19-10-12-29(13-11-19)18(3)4/h5-9,14-19H,10-13H2,1-4H3,(H2,27,28,30). The summed E-state index contributed by atoms with van der Waals surface area (Å²) in [6.07, 6.45) is 2.41. The van der Waals surface area contributed by atoms with E-state index in [0.717, 1.165) is 24.5 Å². The van der Waals surface area contributed by atoms with E-state index in [0.29, 0.717) is 17.9 Å². The largest absolute Gasteiger partial charge is 0.323 e. The number of carbonyl (C=O) groups excluding carboxylic acids is 1. The number of benzene rings is 2. The monoisotopic (exact) mass is 435 g/mol. The van der Waals surface area contributed by atoms with Gasteiger partial charge in [0.1, 0.15) is 0 Å². The van der Waals surface area contributed by atoms with Crippen LogP contribution < -0.4 is 10.6 Å². The van der Waals surface area contributed by atoms with Crippen LogP contribution in [0, 0.1) is 0 Å². The molecule has 4 rings (SSSR count). The molecule has 3 aromatic rings. The van der Waals surface area contributed by atoms with Crippen LogP contribution in [-0.2, 0) is 0 Å². The van der Waals surface area contributed by atoms with E-state index in [2.05, 4.69) is 66.8 Å². The van der Waals surface area contributed by atoms with E-state index in [1.165, 1.54) is 34.1 Å². The molecule has 0 aliphatic carbocycles. The van der Waals surface area contributed by atoms with E-state index >= 15 is 0 Å². The first-order valence-corrected chi connectivity index (χ1v) is 12.2. The van der Waals surface area contributed by atoms with Gasteiger partial charge in [-0.15, -0.1) is 11.3 Å². The number of anilines is 2. The molecule has 1 saturated heterocycles. The molecule has 0 atom stereocenters. The van der Waals surface area contributed by atoms with Crippen LogP contribution in [0.3, 0.4) is 0 Å². The van der Waals surface area contributed by atoms with Gasteiger partial charge in [0.05, 0.1) is 0 Å². The first-order chi connectivity index (χ1) is 14.9. The third kappa shape index (κ3) is 5.10. The van der Waals surface area contributed by atoms with Crippen molar-refractivity contribution in [1.29, 1.82) is 0 Å². The van der Waals surface area contributed by atoms with Gasteiger partial charge < -0.3 is 15.5 Å². The molecule has 2 amide bonds. The highest BCUT2D eigenvalue weighted by molar-refractivity contribution is 7.17. The number of nitrogens with zero attached hydrogens (tertiary/aromatic N) is 1. The van der Waals surface area contributed by atoms with Crippen molar-refractivity contribution < 1.29 is 4.79 Å². The zero-order chi connectivity index (χ0) is 22.0. The molecule has 31 heavy (non-hydrogen) atoms. The van der Waals surface area contributed by atoms with Crippen LogP contribution in [0.5, 0.6) is 0 Å². The summed E-state index contributed by atoms with van der Waals surface area (Å²) >= 11 is 1.81. The van der Waals surface area contributed by atoms with Gasteiger partial charge in [0.15, 0.2) is 0 Å². The number of piperidine rings is 1. The van der Waals surface area contributed by atoms with E-state index < -0.39 is 0 Å². The summed E-state index contributed by atoms with van der Waals surface area (Å²) in [5, 5.41) is 9.59. The van der Waals surface area contributed by atoms with Gasteiger partial charge in [-0.2, -0.15) is 0 Å². The molecule has 0 bridgehead atoms. The Morgan fingerprint density at radius 1 is 1.00 bits per heavy atom. The van der Waals surface area contributed by atoms with Crippen LogP contribution in [0.2, 0.25) is 0 Å². The van der Waals surface area contributed by atoms with Crippen molar-refractivity contribution in [3.05, 3.63) is 59.0 Å². The number of hydrogen-bond donors (Lipinski definition) is 2. The number of amides is 2. The molecule has 0 unspecified atom stereocenters. The molecule has 1 aromatic heterocycles. The van der Waals surface area contributed by atoms with Gasteiger partial charge in [0, 0.05) is 22.1 Å². The lowest BCUT2D eigenvalue weighted by molar-refractivity contribution is 0.172. The number of carbonyl (C=O) groups is 1. The van der Waals surface area contributed by atoms with E-state index in [1.54, 1.807) is 0 Å². The zero-order valence-corrected chi connectivity index (χ0v) is 19.8. The van der Waals surface area contributed by atoms with Gasteiger partial charge in [0.25, 0.3) is 0 Å². The molecular weight excluding hydrogens is 402 g/mol. The molecule has 0 radical (unpaired) electrons. The Labute approximate surface area is 189 Å². The lowest BCUT2D eigenvalue weighted by atomic mass is 9.88. The second kappa shape index (κ2) is 9.41. The second-order valence-electron chi connectivity index (χ2n) is 9.17. The van der Waals surface area contributed by atoms with Gasteiger partial charge in [-0.1, -0.05) is 26.0 Å². The molecule has 0 saturated carbocycles. The van der Waals surface area contributed by atoms with Crippen molar-refractivity contribution in [3.63, 3.8) is 0 Å². The van der Waals surface area contributed by atoms with Crippen LogP contribution >= 0.6 is 11.3 Å². The minimum atomic E-state index is -0.206. The Morgan fingerprint density at radius 2 is 1.71 bits per heavy atom. The average Bonchev–Trinajstić information content (AvgIpc) is 3.17. The molecule has 1 aliphatic rings. The molecule has 0 spiro atoms. The second-order valence-corrected chi connectivity index (χ2v) is 10.1. The van der Waals surface area contributed by atoms with Crippen molar-refractivity contribution in [1.82, 2.24) is 4.90 Å². The van der Waals surface area contributed by atoms with E-state index in [1.807, 2.05) is 35.6 Å². The predicted octanol–water partition coefficient (Wildman–Crippen LogP) is 7.26. The quantitative estimate of drug-likeness (QED) is 0.443. The Kier molecular flexibility index (Phi) is 6.63. The topological polar surface area (TPSA) is 44.4 Å². The molecular formula is C26H33N3OS. The summed E-state index contributed by atoms with van der Waals surface area (Å²) in [6, 6.07) is 14.7. The fraction of sp³-hybridized carbons (Fsp3) is 0.423. The third-order valence-corrected chi connectivity index (χ3v) is 7.35. The third-order valence-electron chi connectivity index (χ3n) is 6.37. The van der Waals surface area contributed by atoms with E-state index in [9.17, 15) is 4.79 Å². The van der Waals surface area contributed by atoms with E-state index in [-0.39, 0.29) is 6.03 Å². The van der Waals surface area contributed by atoms with Gasteiger partial charge in [-0.3, -0.25) is 0 Å². The molecule has 5 heteroatoms. The fourth-order valence-electron chi connectivity index (χ4n) is 4.44. The minimum absolute atomic E-state index is 0.206. The maximum Gasteiger partial charge on any atom is 0.323 e. The van der Waals surface area contributed by atoms with Crippen molar-refractivity contribution in [3.8, 4) is 0 Å². The number of rotatable bonds is 5. The molecule has 2 heterocycles. The van der Waals surface area contributed by atoms with Crippen LogP contribution in [-0.4, -0.2) is 30.1 Å². The highest BCUT2D eigenvalue weighted by atomic mass is 32.1. The molecule has 4 nitrogen and oxygen atoms in total. The van der Waals surface area contributed by atoms with Crippen molar-refractivity contribution in [2.45, 2.75) is 58.4 Å². The summed E-state index contributed by atoms with van der Waals surface area (Å²) in [6.45, 7) is 11.2. The van der Waals surface area contributed by atoms with Crippen molar-refractivity contribution in [2.24, 2.45) is 0 Å². The molecule has 1 aliphatic heterocycles. The van der Waals surface area contributed by atoms with Crippen LogP contribution in [0.4, 0.5) is 16.2 Å². The number of urea groups is 1. The molecule has 1 fully saturated rings. The number of fused-ring (bicyclic) bond motifs is 1. The number of thiophene rings is 1. The maximum absolute atomic E-state index is 12.6. The van der Waals surface area contributed by atoms with Crippen LogP contribution in [0.15, 0.2) is 47.8 Å². The Morgan fingerprint density at radius 3 is 2.39 bits per heavy atom. The first kappa shape index (κ1) is 21.8. The zero-order valence-electron chi connectivity index (χ0n) is 18.9. The Balaban J connectivity index is 1.46. The number of likely N-dealkylation sites (tertiary alicyclic amines) is 1. The average molecular weight is 436 g/mol. The number of hydrogen-bond acceptors (Lipinski definition) is 3. The lowest BCUT2D eigenvalue weighted by Gasteiger charge is -2.34. The SMILES string of the molecule is CC(C)c1cccc(NC(=O)Nc2ccc3scc(C4CCN(C(C)C)CC4)c3c2)c1. The normalized spacial score (nSPS) is 15.7. The predicted molar refractivity (Wildman–Crippen MR) is 134 cm³/mol. The summed E-state index contributed by atoms with van der Waals surface area (Å²) < 4.78 is 1.29. The molecule has 2 aromatic carbocycles. The van der Waals surface area contributed by atoms with Crippen molar-refractivity contribution >= 4 is 38.8 Å². The van der Waals surface area contributed by atoms with Crippen molar-refractivity contribution in [2.75, 3.05) is 23.7 Å². The number of nitrogens with one attached hydrogen (secondary N) is 2. The van der Waals surface area contributed by atoms with Gasteiger partial charge in [0.2, 0.25) is 0 Å². The summed E-state index contributed by atoms with van der Waals surface area (Å²) in [7, 11) is 0. The van der Waals surface area contributed by atoms with Crippen LogP contribution in [0.25, 0.3) is 10.1 Å². The minimum Gasteiger partial charge on any atom is -0.308 e. The Hall–Kier alpha value is -2.37. The first-order valence-electron chi connectivity index (χ1n) is 11.3. The molecule has 164 valence electrons. The van der Waals surface area contributed by atoms with Gasteiger partial charge in [-0.25, -0.2) is 4.79 Å².